The van der Waals surface area contributed by atoms with Crippen LogP contribution in [0.1, 0.15) is 17.9 Å². The molecule has 1 amide bonds. The van der Waals surface area contributed by atoms with E-state index < -0.39 is 24.4 Å². The second-order valence-electron chi connectivity index (χ2n) is 4.00. The fourth-order valence-corrected chi connectivity index (χ4v) is 2.15. The van der Waals surface area contributed by atoms with E-state index in [0.717, 1.165) is 11.3 Å². The molecule has 1 heterocycles. The van der Waals surface area contributed by atoms with Crippen molar-refractivity contribution in [2.24, 2.45) is 0 Å². The fraction of sp³-hybridized carbons (Fsp3) is 0.250. The van der Waals surface area contributed by atoms with Crippen LogP contribution in [0.25, 0.3) is 0 Å². The van der Waals surface area contributed by atoms with Crippen LogP contribution in [0.3, 0.4) is 0 Å². The number of hydrogen-bond donors (Lipinski definition) is 1. The van der Waals surface area contributed by atoms with Gasteiger partial charge in [0.25, 0.3) is 0 Å². The lowest BCUT2D eigenvalue weighted by atomic mass is 9.95. The minimum Gasteiger partial charge on any atom is -0.301 e. The van der Waals surface area contributed by atoms with Gasteiger partial charge in [-0.15, -0.1) is 10.2 Å². The van der Waals surface area contributed by atoms with Crippen molar-refractivity contribution in [3.8, 4) is 0 Å². The summed E-state index contributed by atoms with van der Waals surface area (Å²) in [5.41, 5.74) is 1.45. The summed E-state index contributed by atoms with van der Waals surface area (Å²) in [5, 5.41) is 9.53. The molecule has 8 heteroatoms. The van der Waals surface area contributed by atoms with Crippen LogP contribution in [0, 0.1) is 0 Å². The van der Waals surface area contributed by atoms with Gasteiger partial charge in [-0.2, -0.15) is 13.2 Å². The van der Waals surface area contributed by atoms with Crippen molar-refractivity contribution >= 4 is 22.4 Å². The van der Waals surface area contributed by atoms with E-state index in [2.05, 4.69) is 15.5 Å². The summed E-state index contributed by atoms with van der Waals surface area (Å²) >= 11 is 1.05. The third-order valence-electron chi connectivity index (χ3n) is 2.59. The fourth-order valence-electron chi connectivity index (χ4n) is 1.69. The maximum atomic E-state index is 13.0. The normalized spacial score (nSPS) is 12.9. The van der Waals surface area contributed by atoms with Gasteiger partial charge in [0, 0.05) is 6.42 Å². The van der Waals surface area contributed by atoms with Gasteiger partial charge in [-0.25, -0.2) is 0 Å². The van der Waals surface area contributed by atoms with Crippen LogP contribution in [0.5, 0.6) is 0 Å². The molecular weight excluding hydrogens is 291 g/mol. The van der Waals surface area contributed by atoms with E-state index >= 15 is 0 Å². The Morgan fingerprint density at radius 3 is 2.55 bits per heavy atom. The highest BCUT2D eigenvalue weighted by Crippen LogP contribution is 2.37. The van der Waals surface area contributed by atoms with Gasteiger partial charge < -0.3 is 5.32 Å². The van der Waals surface area contributed by atoms with Gasteiger partial charge in [0.15, 0.2) is 0 Å². The summed E-state index contributed by atoms with van der Waals surface area (Å²) in [6, 6.07) is 7.36. The molecular formula is C12H10F3N3OS. The summed E-state index contributed by atoms with van der Waals surface area (Å²) in [6.07, 6.45) is -5.17. The molecule has 0 aliphatic rings. The van der Waals surface area contributed by atoms with Crippen molar-refractivity contribution in [1.82, 2.24) is 10.2 Å². The van der Waals surface area contributed by atoms with E-state index in [1.807, 2.05) is 0 Å². The number of aromatic nitrogens is 2. The molecule has 0 fully saturated rings. The van der Waals surface area contributed by atoms with Crippen molar-refractivity contribution in [2.45, 2.75) is 18.5 Å². The largest absolute Gasteiger partial charge is 0.396 e. The topological polar surface area (TPSA) is 54.9 Å². The Bertz CT molecular complexity index is 557. The zero-order valence-electron chi connectivity index (χ0n) is 10.1. The SMILES string of the molecule is O=C(CC(c1ccccc1)C(F)(F)F)Nc1nncs1. The van der Waals surface area contributed by atoms with Gasteiger partial charge in [0.05, 0.1) is 5.92 Å². The second kappa shape index (κ2) is 6.00. The predicted octanol–water partition coefficient (Wildman–Crippen LogP) is 3.21. The van der Waals surface area contributed by atoms with E-state index in [1.165, 1.54) is 29.8 Å². The van der Waals surface area contributed by atoms with E-state index in [1.54, 1.807) is 6.07 Å². The van der Waals surface area contributed by atoms with Crippen LogP contribution in [0.2, 0.25) is 0 Å². The van der Waals surface area contributed by atoms with Crippen LogP contribution < -0.4 is 5.32 Å². The molecule has 1 unspecified atom stereocenters. The summed E-state index contributed by atoms with van der Waals surface area (Å²) in [6.45, 7) is 0. The van der Waals surface area contributed by atoms with Gasteiger partial charge in [-0.05, 0) is 5.56 Å². The molecule has 0 bridgehead atoms. The molecule has 0 saturated heterocycles. The minimum atomic E-state index is -4.49. The first kappa shape index (κ1) is 14.4. The maximum Gasteiger partial charge on any atom is 0.396 e. The molecule has 106 valence electrons. The number of halogens is 3. The molecule has 0 aliphatic heterocycles. The number of rotatable bonds is 4. The number of hydrogen-bond acceptors (Lipinski definition) is 4. The van der Waals surface area contributed by atoms with Crippen LogP contribution in [0.15, 0.2) is 35.8 Å². The van der Waals surface area contributed by atoms with Crippen molar-refractivity contribution in [3.05, 3.63) is 41.4 Å². The van der Waals surface area contributed by atoms with Gasteiger partial charge >= 0.3 is 6.18 Å². The number of alkyl halides is 3. The lowest BCUT2D eigenvalue weighted by Crippen LogP contribution is -2.26. The van der Waals surface area contributed by atoms with Gasteiger partial charge in [0.1, 0.15) is 5.51 Å². The Kier molecular flexibility index (Phi) is 4.33. The van der Waals surface area contributed by atoms with Gasteiger partial charge in [-0.3, -0.25) is 4.79 Å². The van der Waals surface area contributed by atoms with E-state index in [4.69, 9.17) is 0 Å². The highest BCUT2D eigenvalue weighted by Gasteiger charge is 2.41. The van der Waals surface area contributed by atoms with Crippen LogP contribution >= 0.6 is 11.3 Å². The Labute approximate surface area is 116 Å². The number of nitrogens with zero attached hydrogens (tertiary/aromatic N) is 2. The number of amides is 1. The molecule has 0 radical (unpaired) electrons. The molecule has 0 aliphatic carbocycles. The number of carbonyl (C=O) groups is 1. The highest BCUT2D eigenvalue weighted by atomic mass is 32.1. The second-order valence-corrected chi connectivity index (χ2v) is 4.83. The Morgan fingerprint density at radius 2 is 2.00 bits per heavy atom. The zero-order valence-corrected chi connectivity index (χ0v) is 10.9. The Hall–Kier alpha value is -1.96. The molecule has 1 N–H and O–H groups in total. The lowest BCUT2D eigenvalue weighted by Gasteiger charge is -2.19. The standard InChI is InChI=1S/C12H10F3N3OS/c13-12(14,15)9(8-4-2-1-3-5-8)6-10(19)17-11-18-16-7-20-11/h1-5,7,9H,6H2,(H,17,18,19). The van der Waals surface area contributed by atoms with Crippen LogP contribution in [-0.2, 0) is 4.79 Å². The van der Waals surface area contributed by atoms with Crippen LogP contribution in [0.4, 0.5) is 18.3 Å². The average molecular weight is 301 g/mol. The van der Waals surface area contributed by atoms with Gasteiger partial charge in [-0.1, -0.05) is 41.7 Å². The summed E-state index contributed by atoms with van der Waals surface area (Å²) in [4.78, 5) is 11.7. The zero-order chi connectivity index (χ0) is 14.6. The number of nitrogens with one attached hydrogen (secondary N) is 1. The third kappa shape index (κ3) is 3.77. The lowest BCUT2D eigenvalue weighted by molar-refractivity contribution is -0.155. The third-order valence-corrected chi connectivity index (χ3v) is 3.20. The first-order chi connectivity index (χ1) is 9.47. The molecule has 1 aromatic heterocycles. The van der Waals surface area contributed by atoms with E-state index in [-0.39, 0.29) is 10.7 Å². The molecule has 1 atom stereocenters. The molecule has 2 aromatic rings. The molecule has 20 heavy (non-hydrogen) atoms. The predicted molar refractivity (Wildman–Crippen MR) is 68.4 cm³/mol. The van der Waals surface area contributed by atoms with Crippen molar-refractivity contribution in [3.63, 3.8) is 0 Å². The maximum absolute atomic E-state index is 13.0. The molecule has 0 saturated carbocycles. The summed E-state index contributed by atoms with van der Waals surface area (Å²) in [5.74, 6) is -2.58. The summed E-state index contributed by atoms with van der Waals surface area (Å²) < 4.78 is 39.1. The minimum absolute atomic E-state index is 0.0624. The van der Waals surface area contributed by atoms with Crippen molar-refractivity contribution < 1.29 is 18.0 Å². The van der Waals surface area contributed by atoms with Crippen LogP contribution in [-0.4, -0.2) is 22.3 Å². The average Bonchev–Trinajstić information content (AvgIpc) is 2.88. The quantitative estimate of drug-likeness (QED) is 0.943. The van der Waals surface area contributed by atoms with E-state index in [0.29, 0.717) is 0 Å². The molecule has 4 nitrogen and oxygen atoms in total. The molecule has 2 rings (SSSR count). The van der Waals surface area contributed by atoms with Crippen molar-refractivity contribution in [1.29, 1.82) is 0 Å². The molecule has 0 spiro atoms. The number of benzene rings is 1. The van der Waals surface area contributed by atoms with E-state index in [9.17, 15) is 18.0 Å². The molecule has 1 aromatic carbocycles. The monoisotopic (exact) mass is 301 g/mol. The summed E-state index contributed by atoms with van der Waals surface area (Å²) in [7, 11) is 0. The van der Waals surface area contributed by atoms with Crippen molar-refractivity contribution in [2.75, 3.05) is 5.32 Å². The van der Waals surface area contributed by atoms with Gasteiger partial charge in [0.2, 0.25) is 11.0 Å². The number of carbonyl (C=O) groups excluding carboxylic acids is 1. The number of anilines is 1. The Morgan fingerprint density at radius 1 is 1.30 bits per heavy atom. The first-order valence-electron chi connectivity index (χ1n) is 5.64. The smallest absolute Gasteiger partial charge is 0.301 e. The highest BCUT2D eigenvalue weighted by molar-refractivity contribution is 7.13. The Balaban J connectivity index is 2.11. The first-order valence-corrected chi connectivity index (χ1v) is 6.52.